The quantitative estimate of drug-likeness (QED) is 0.695. The molecule has 0 aliphatic carbocycles. The van der Waals surface area contributed by atoms with Gasteiger partial charge in [-0.05, 0) is 18.6 Å². The largest absolute Gasteiger partial charge is 0.490 e. The van der Waals surface area contributed by atoms with Crippen LogP contribution >= 0.6 is 0 Å². The van der Waals surface area contributed by atoms with Gasteiger partial charge in [0.2, 0.25) is 11.8 Å². The monoisotopic (exact) mass is 432 g/mol. The van der Waals surface area contributed by atoms with Crippen molar-refractivity contribution < 1.29 is 24.2 Å². The van der Waals surface area contributed by atoms with Gasteiger partial charge in [-0.25, -0.2) is 0 Å². The molecular weight excluding hydrogens is 400 g/mol. The zero-order chi connectivity index (χ0) is 21.8. The fourth-order valence-electron chi connectivity index (χ4n) is 4.49. The molecule has 9 nitrogen and oxygen atoms in total. The Hall–Kier alpha value is -2.36. The summed E-state index contributed by atoms with van der Waals surface area (Å²) in [6.45, 7) is 7.71. The zero-order valence-corrected chi connectivity index (χ0v) is 18.1. The normalized spacial score (nSPS) is 24.6. The predicted molar refractivity (Wildman–Crippen MR) is 115 cm³/mol. The number of β-amino-alcohol motifs (C(OH)–C–C–N with tert-alkyl or cyclic N) is 1. The van der Waals surface area contributed by atoms with Gasteiger partial charge in [0.05, 0.1) is 25.4 Å². The maximum Gasteiger partial charge on any atom is 0.238 e. The third-order valence-electron chi connectivity index (χ3n) is 6.15. The highest BCUT2D eigenvalue weighted by atomic mass is 16.5. The molecule has 3 aliphatic rings. The van der Waals surface area contributed by atoms with E-state index in [1.165, 1.54) is 0 Å². The number of fused-ring (bicyclic) bond motifs is 1. The molecular formula is C22H32N4O5. The molecule has 1 aromatic carbocycles. The highest BCUT2D eigenvalue weighted by Crippen LogP contribution is 2.32. The Balaban J connectivity index is 1.25. The van der Waals surface area contributed by atoms with Gasteiger partial charge < -0.3 is 24.8 Å². The van der Waals surface area contributed by atoms with Crippen molar-refractivity contribution in [3.63, 3.8) is 0 Å². The van der Waals surface area contributed by atoms with Gasteiger partial charge in [0.1, 0.15) is 0 Å². The Bertz CT molecular complexity index is 811. The Morgan fingerprint density at radius 2 is 1.81 bits per heavy atom. The van der Waals surface area contributed by atoms with Crippen LogP contribution in [0.4, 0.5) is 5.69 Å². The molecule has 1 aromatic rings. The summed E-state index contributed by atoms with van der Waals surface area (Å²) >= 11 is 0. The third kappa shape index (κ3) is 5.66. The van der Waals surface area contributed by atoms with Gasteiger partial charge in [0.15, 0.2) is 11.5 Å². The molecule has 0 saturated carbocycles. The van der Waals surface area contributed by atoms with Crippen molar-refractivity contribution >= 4 is 17.5 Å². The number of hydrogen-bond acceptors (Lipinski definition) is 7. The predicted octanol–water partition coefficient (Wildman–Crippen LogP) is 0.387. The van der Waals surface area contributed by atoms with Crippen molar-refractivity contribution in [3.05, 3.63) is 18.2 Å². The Morgan fingerprint density at radius 3 is 2.55 bits per heavy atom. The van der Waals surface area contributed by atoms with Crippen LogP contribution in [0.2, 0.25) is 0 Å². The van der Waals surface area contributed by atoms with Crippen molar-refractivity contribution in [1.29, 1.82) is 0 Å². The van der Waals surface area contributed by atoms with E-state index in [2.05, 4.69) is 10.2 Å². The minimum Gasteiger partial charge on any atom is -0.490 e. The molecule has 2 saturated heterocycles. The van der Waals surface area contributed by atoms with Crippen LogP contribution in [0, 0.1) is 0 Å². The number of carbonyl (C=O) groups is 2. The van der Waals surface area contributed by atoms with E-state index in [9.17, 15) is 14.7 Å². The average Bonchev–Trinajstić information content (AvgIpc) is 2.94. The Labute approximate surface area is 182 Å². The van der Waals surface area contributed by atoms with E-state index in [1.54, 1.807) is 13.0 Å². The molecule has 170 valence electrons. The summed E-state index contributed by atoms with van der Waals surface area (Å²) in [5.41, 5.74) is -0.152. The topological polar surface area (TPSA) is 94.6 Å². The van der Waals surface area contributed by atoms with Crippen LogP contribution in [0.3, 0.4) is 0 Å². The summed E-state index contributed by atoms with van der Waals surface area (Å²) in [5.74, 6) is 1.33. The molecule has 1 atom stereocenters. The van der Waals surface area contributed by atoms with Gasteiger partial charge in [-0.1, -0.05) is 0 Å². The molecule has 0 unspecified atom stereocenters. The minimum absolute atomic E-state index is 0.102. The van der Waals surface area contributed by atoms with Gasteiger partial charge in [0, 0.05) is 70.9 Å². The summed E-state index contributed by atoms with van der Waals surface area (Å²) in [4.78, 5) is 30.1. The second-order valence-electron chi connectivity index (χ2n) is 8.73. The van der Waals surface area contributed by atoms with E-state index in [0.29, 0.717) is 69.5 Å². The maximum absolute atomic E-state index is 12.6. The second-order valence-corrected chi connectivity index (χ2v) is 8.73. The lowest BCUT2D eigenvalue weighted by Gasteiger charge is -2.38. The molecule has 0 spiro atoms. The standard InChI is InChI=1S/C22H32N4O5/c1-17(27)26-9-7-24(8-10-26)15-22(29)5-6-25(16-22)14-21(28)23-18-3-4-19-20(13-18)31-12-2-11-30-19/h3-4,13,29H,2,5-12,14-16H2,1H3,(H,23,28)/t22-/m1/s1. The molecule has 3 aliphatic heterocycles. The van der Waals surface area contributed by atoms with Crippen LogP contribution in [-0.2, 0) is 9.59 Å². The molecule has 0 radical (unpaired) electrons. The number of nitrogens with one attached hydrogen (secondary N) is 1. The van der Waals surface area contributed by atoms with Crippen LogP contribution < -0.4 is 14.8 Å². The lowest BCUT2D eigenvalue weighted by atomic mass is 10.0. The van der Waals surface area contributed by atoms with E-state index < -0.39 is 5.60 Å². The van der Waals surface area contributed by atoms with E-state index in [4.69, 9.17) is 9.47 Å². The first-order valence-electron chi connectivity index (χ1n) is 11.0. The van der Waals surface area contributed by atoms with Crippen molar-refractivity contribution in [1.82, 2.24) is 14.7 Å². The number of ether oxygens (including phenoxy) is 2. The van der Waals surface area contributed by atoms with Crippen molar-refractivity contribution in [2.75, 3.05) is 70.9 Å². The van der Waals surface area contributed by atoms with Crippen LogP contribution in [0.5, 0.6) is 11.5 Å². The summed E-state index contributed by atoms with van der Waals surface area (Å²) in [7, 11) is 0. The zero-order valence-electron chi connectivity index (χ0n) is 18.1. The molecule has 0 bridgehead atoms. The van der Waals surface area contributed by atoms with E-state index in [1.807, 2.05) is 21.9 Å². The van der Waals surface area contributed by atoms with Crippen molar-refractivity contribution in [2.24, 2.45) is 0 Å². The maximum atomic E-state index is 12.6. The van der Waals surface area contributed by atoms with Gasteiger partial charge in [-0.2, -0.15) is 0 Å². The number of piperazine rings is 1. The highest BCUT2D eigenvalue weighted by molar-refractivity contribution is 5.92. The van der Waals surface area contributed by atoms with Gasteiger partial charge in [0.25, 0.3) is 0 Å². The Kier molecular flexibility index (Phi) is 6.64. The lowest BCUT2D eigenvalue weighted by Crippen LogP contribution is -2.53. The van der Waals surface area contributed by atoms with Crippen LogP contribution in [0.1, 0.15) is 19.8 Å². The van der Waals surface area contributed by atoms with Crippen molar-refractivity contribution in [2.45, 2.75) is 25.4 Å². The van der Waals surface area contributed by atoms with E-state index in [0.717, 1.165) is 19.5 Å². The first kappa shape index (κ1) is 21.9. The SMILES string of the molecule is CC(=O)N1CCN(C[C@]2(O)CCN(CC(=O)Nc3ccc4c(c3)OCCCO4)C2)CC1. The number of likely N-dealkylation sites (tertiary alicyclic amines) is 1. The number of nitrogens with zero attached hydrogens (tertiary/aromatic N) is 3. The fraction of sp³-hybridized carbons (Fsp3) is 0.636. The molecule has 0 aromatic heterocycles. The summed E-state index contributed by atoms with van der Waals surface area (Å²) in [5, 5.41) is 13.9. The molecule has 2 N–H and O–H groups in total. The molecule has 3 heterocycles. The molecule has 4 rings (SSSR count). The van der Waals surface area contributed by atoms with Crippen LogP contribution in [0.15, 0.2) is 18.2 Å². The number of amides is 2. The molecule has 9 heteroatoms. The van der Waals surface area contributed by atoms with E-state index >= 15 is 0 Å². The number of rotatable bonds is 5. The number of benzene rings is 1. The van der Waals surface area contributed by atoms with Gasteiger partial charge in [-0.3, -0.25) is 19.4 Å². The Morgan fingerprint density at radius 1 is 1.06 bits per heavy atom. The average molecular weight is 433 g/mol. The second kappa shape index (κ2) is 9.42. The number of hydrogen-bond donors (Lipinski definition) is 2. The third-order valence-corrected chi connectivity index (χ3v) is 6.15. The molecule has 2 fully saturated rings. The van der Waals surface area contributed by atoms with E-state index in [-0.39, 0.29) is 18.4 Å². The number of aliphatic hydroxyl groups is 1. The minimum atomic E-state index is -0.825. The highest BCUT2D eigenvalue weighted by Gasteiger charge is 2.38. The fourth-order valence-corrected chi connectivity index (χ4v) is 4.49. The molecule has 31 heavy (non-hydrogen) atoms. The number of anilines is 1. The van der Waals surface area contributed by atoms with Crippen LogP contribution in [-0.4, -0.2) is 103 Å². The lowest BCUT2D eigenvalue weighted by molar-refractivity contribution is -0.130. The first-order chi connectivity index (χ1) is 14.9. The molecule has 2 amide bonds. The first-order valence-corrected chi connectivity index (χ1v) is 11.0. The van der Waals surface area contributed by atoms with Gasteiger partial charge in [-0.15, -0.1) is 0 Å². The number of carbonyl (C=O) groups excluding carboxylic acids is 2. The summed E-state index contributed by atoms with van der Waals surface area (Å²) < 4.78 is 11.3. The van der Waals surface area contributed by atoms with Crippen LogP contribution in [0.25, 0.3) is 0 Å². The summed E-state index contributed by atoms with van der Waals surface area (Å²) in [6.07, 6.45) is 1.47. The summed E-state index contributed by atoms with van der Waals surface area (Å²) in [6, 6.07) is 5.42. The van der Waals surface area contributed by atoms with Crippen molar-refractivity contribution in [3.8, 4) is 11.5 Å². The van der Waals surface area contributed by atoms with Gasteiger partial charge >= 0.3 is 0 Å². The smallest absolute Gasteiger partial charge is 0.238 e.